The molecule has 2 aromatic rings. The van der Waals surface area contributed by atoms with Crippen LogP contribution in [-0.4, -0.2) is 53.3 Å². The van der Waals surface area contributed by atoms with E-state index in [-0.39, 0.29) is 5.54 Å². The van der Waals surface area contributed by atoms with E-state index in [1.54, 1.807) is 17.7 Å². The third kappa shape index (κ3) is 3.03. The van der Waals surface area contributed by atoms with Crippen molar-refractivity contribution in [2.45, 2.75) is 44.6 Å². The van der Waals surface area contributed by atoms with E-state index in [1.165, 1.54) is 43.3 Å². The van der Waals surface area contributed by atoms with Gasteiger partial charge in [0.25, 0.3) is 0 Å². The molecule has 4 rings (SSSR count). The van der Waals surface area contributed by atoms with Crippen molar-refractivity contribution in [3.63, 3.8) is 0 Å². The molecule has 0 amide bonds. The first kappa shape index (κ1) is 16.2. The first-order valence-corrected chi connectivity index (χ1v) is 9.92. The monoisotopic (exact) mass is 346 g/mol. The molecular formula is C18H26N4OS. The van der Waals surface area contributed by atoms with Gasteiger partial charge in [0.2, 0.25) is 0 Å². The van der Waals surface area contributed by atoms with E-state index in [1.807, 2.05) is 0 Å². The van der Waals surface area contributed by atoms with Gasteiger partial charge in [0.15, 0.2) is 0 Å². The number of thiophene rings is 1. The van der Waals surface area contributed by atoms with Crippen molar-refractivity contribution in [3.05, 3.63) is 17.3 Å². The molecule has 0 unspecified atom stereocenters. The van der Waals surface area contributed by atoms with E-state index in [0.717, 1.165) is 43.2 Å². The fourth-order valence-electron chi connectivity index (χ4n) is 4.12. The van der Waals surface area contributed by atoms with E-state index >= 15 is 0 Å². The van der Waals surface area contributed by atoms with Gasteiger partial charge in [0.1, 0.15) is 17.0 Å². The number of hydrogen-bond acceptors (Lipinski definition) is 6. The van der Waals surface area contributed by atoms with Gasteiger partial charge in [0.05, 0.1) is 5.39 Å². The summed E-state index contributed by atoms with van der Waals surface area (Å²) >= 11 is 1.70. The van der Waals surface area contributed by atoms with Crippen LogP contribution < -0.4 is 5.32 Å². The molecule has 2 aromatic heterocycles. The molecule has 4 heterocycles. The van der Waals surface area contributed by atoms with Crippen LogP contribution in [0.5, 0.6) is 0 Å². The molecule has 0 saturated carbocycles. The quantitative estimate of drug-likeness (QED) is 0.919. The van der Waals surface area contributed by atoms with Crippen LogP contribution in [0.3, 0.4) is 0 Å². The zero-order valence-electron chi connectivity index (χ0n) is 14.4. The summed E-state index contributed by atoms with van der Waals surface area (Å²) in [5, 5.41) is 7.03. The zero-order chi connectivity index (χ0) is 16.4. The zero-order valence-corrected chi connectivity index (χ0v) is 15.2. The first-order valence-electron chi connectivity index (χ1n) is 9.04. The Kier molecular flexibility index (Phi) is 4.70. The third-order valence-corrected chi connectivity index (χ3v) is 6.59. The Balaban J connectivity index is 1.57. The number of rotatable bonds is 4. The van der Waals surface area contributed by atoms with Gasteiger partial charge in [0, 0.05) is 25.3 Å². The van der Waals surface area contributed by atoms with Crippen molar-refractivity contribution >= 4 is 27.4 Å². The van der Waals surface area contributed by atoms with E-state index in [2.05, 4.69) is 32.5 Å². The van der Waals surface area contributed by atoms with Gasteiger partial charge in [-0.05, 0) is 56.6 Å². The van der Waals surface area contributed by atoms with Crippen molar-refractivity contribution in [3.8, 4) is 0 Å². The lowest BCUT2D eigenvalue weighted by Crippen LogP contribution is -2.57. The largest absolute Gasteiger partial charge is 0.381 e. The molecule has 6 heteroatoms. The number of likely N-dealkylation sites (tertiary alicyclic amines) is 1. The van der Waals surface area contributed by atoms with Crippen LogP contribution in [0.25, 0.3) is 10.2 Å². The average Bonchev–Trinajstić information content (AvgIpc) is 3.03. The minimum Gasteiger partial charge on any atom is -0.381 e. The number of aromatic nitrogens is 2. The van der Waals surface area contributed by atoms with Crippen LogP contribution in [0.15, 0.2) is 11.7 Å². The highest BCUT2D eigenvalue weighted by Crippen LogP contribution is 2.33. The Hall–Kier alpha value is -1.24. The Morgan fingerprint density at radius 2 is 2.00 bits per heavy atom. The maximum absolute atomic E-state index is 5.67. The molecule has 5 nitrogen and oxygen atoms in total. The number of nitrogens with one attached hydrogen (secondary N) is 1. The Bertz CT molecular complexity index is 689. The van der Waals surface area contributed by atoms with Crippen LogP contribution >= 0.6 is 11.3 Å². The van der Waals surface area contributed by atoms with Gasteiger partial charge in [-0.15, -0.1) is 11.3 Å². The maximum Gasteiger partial charge on any atom is 0.138 e. The fraction of sp³-hybridized carbons (Fsp3) is 0.667. The van der Waals surface area contributed by atoms with Crippen molar-refractivity contribution in [2.24, 2.45) is 0 Å². The molecule has 0 aromatic carbocycles. The summed E-state index contributed by atoms with van der Waals surface area (Å²) in [6.07, 6.45) is 7.91. The number of anilines is 1. The fourth-order valence-corrected chi connectivity index (χ4v) is 5.01. The molecule has 0 spiro atoms. The minimum atomic E-state index is 0.208. The van der Waals surface area contributed by atoms with Crippen molar-refractivity contribution < 1.29 is 4.74 Å². The maximum atomic E-state index is 5.67. The molecule has 1 N–H and O–H groups in total. The molecule has 130 valence electrons. The number of ether oxygens (including phenoxy) is 1. The standard InChI is InChI=1S/C18H26N4OS/c1-14-11-24-17-15(14)16(20-13-21-17)19-12-18(5-9-23-10-6-18)22-7-3-2-4-8-22/h11,13H,2-10,12H2,1H3,(H,19,20,21). The van der Waals surface area contributed by atoms with Gasteiger partial charge in [-0.3, -0.25) is 4.90 Å². The third-order valence-electron chi connectivity index (χ3n) is 5.59. The highest BCUT2D eigenvalue weighted by molar-refractivity contribution is 7.17. The summed E-state index contributed by atoms with van der Waals surface area (Å²) in [6.45, 7) is 7.26. The molecule has 2 aliphatic rings. The van der Waals surface area contributed by atoms with Gasteiger partial charge in [-0.2, -0.15) is 0 Å². The smallest absolute Gasteiger partial charge is 0.138 e. The number of hydrogen-bond donors (Lipinski definition) is 1. The van der Waals surface area contributed by atoms with Crippen molar-refractivity contribution in [1.29, 1.82) is 0 Å². The lowest BCUT2D eigenvalue weighted by Gasteiger charge is -2.48. The van der Waals surface area contributed by atoms with Gasteiger partial charge in [-0.25, -0.2) is 9.97 Å². The number of fused-ring (bicyclic) bond motifs is 1. The van der Waals surface area contributed by atoms with E-state index in [0.29, 0.717) is 0 Å². The van der Waals surface area contributed by atoms with E-state index < -0.39 is 0 Å². The minimum absolute atomic E-state index is 0.208. The number of aryl methyl sites for hydroxylation is 1. The number of nitrogens with zero attached hydrogens (tertiary/aromatic N) is 3. The summed E-state index contributed by atoms with van der Waals surface area (Å²) in [5.74, 6) is 0.988. The van der Waals surface area contributed by atoms with E-state index in [9.17, 15) is 0 Å². The predicted molar refractivity (Wildman–Crippen MR) is 98.8 cm³/mol. The van der Waals surface area contributed by atoms with Crippen molar-refractivity contribution in [2.75, 3.05) is 38.2 Å². The number of piperidine rings is 1. The predicted octanol–water partition coefficient (Wildman–Crippen LogP) is 3.45. The molecule has 24 heavy (non-hydrogen) atoms. The molecule has 0 atom stereocenters. The first-order chi connectivity index (χ1) is 11.8. The molecule has 0 aliphatic carbocycles. The van der Waals surface area contributed by atoms with Gasteiger partial charge < -0.3 is 10.1 Å². The van der Waals surface area contributed by atoms with E-state index in [4.69, 9.17) is 4.74 Å². The Morgan fingerprint density at radius 3 is 2.79 bits per heavy atom. The lowest BCUT2D eigenvalue weighted by atomic mass is 9.86. The summed E-state index contributed by atoms with van der Waals surface area (Å²) < 4.78 is 5.67. The Labute approximate surface area is 147 Å². The van der Waals surface area contributed by atoms with Gasteiger partial charge in [-0.1, -0.05) is 6.42 Å². The topological polar surface area (TPSA) is 50.3 Å². The van der Waals surface area contributed by atoms with Crippen LogP contribution in [0.4, 0.5) is 5.82 Å². The second-order valence-electron chi connectivity index (χ2n) is 7.06. The van der Waals surface area contributed by atoms with Crippen LogP contribution in [0, 0.1) is 6.92 Å². The van der Waals surface area contributed by atoms with Crippen LogP contribution in [0.2, 0.25) is 0 Å². The molecule has 2 fully saturated rings. The normalized spacial score (nSPS) is 21.9. The molecule has 0 radical (unpaired) electrons. The molecule has 2 aliphatic heterocycles. The summed E-state index contributed by atoms with van der Waals surface area (Å²) in [6, 6.07) is 0. The Morgan fingerprint density at radius 1 is 1.21 bits per heavy atom. The van der Waals surface area contributed by atoms with Crippen LogP contribution in [0.1, 0.15) is 37.7 Å². The average molecular weight is 347 g/mol. The van der Waals surface area contributed by atoms with Gasteiger partial charge >= 0.3 is 0 Å². The highest BCUT2D eigenvalue weighted by atomic mass is 32.1. The summed E-state index contributed by atoms with van der Waals surface area (Å²) in [7, 11) is 0. The molecular weight excluding hydrogens is 320 g/mol. The lowest BCUT2D eigenvalue weighted by molar-refractivity contribution is -0.0293. The van der Waals surface area contributed by atoms with Crippen molar-refractivity contribution in [1.82, 2.24) is 14.9 Å². The molecule has 0 bridgehead atoms. The second kappa shape index (κ2) is 6.94. The van der Waals surface area contributed by atoms with Crippen LogP contribution in [-0.2, 0) is 4.74 Å². The molecule has 2 saturated heterocycles. The highest BCUT2D eigenvalue weighted by Gasteiger charge is 2.38. The summed E-state index contributed by atoms with van der Waals surface area (Å²) in [4.78, 5) is 12.7. The second-order valence-corrected chi connectivity index (χ2v) is 7.92. The SMILES string of the molecule is Cc1csc2ncnc(NCC3(N4CCCCC4)CCOCC3)c12. The summed E-state index contributed by atoms with van der Waals surface area (Å²) in [5.41, 5.74) is 1.47.